The number of carbonyl (C=O) groups excluding carboxylic acids is 3. The number of hydrogen-bond acceptors (Lipinski definition) is 6. The molecular weight excluding hydrogens is 604 g/mol. The average Bonchev–Trinajstić information content (AvgIpc) is 3.49. The van der Waals surface area contributed by atoms with Crippen LogP contribution >= 0.6 is 39.3 Å². The minimum Gasteiger partial charge on any atom is -0.465 e. The van der Waals surface area contributed by atoms with Gasteiger partial charge in [-0.3, -0.25) is 14.4 Å². The van der Waals surface area contributed by atoms with Gasteiger partial charge in [-0.05, 0) is 37.3 Å². The van der Waals surface area contributed by atoms with Gasteiger partial charge < -0.3 is 19.6 Å². The number of likely N-dealkylation sites (tertiary alicyclic amines) is 1. The van der Waals surface area contributed by atoms with Crippen molar-refractivity contribution < 1.29 is 24.2 Å². The first kappa shape index (κ1) is 30.2. The fourth-order valence-electron chi connectivity index (χ4n) is 6.42. The summed E-state index contributed by atoms with van der Waals surface area (Å²) in [6.45, 7) is 11.6. The van der Waals surface area contributed by atoms with Gasteiger partial charge in [0.25, 0.3) is 5.91 Å². The first-order chi connectivity index (χ1) is 18.6. The molecule has 0 aliphatic carbocycles. The van der Waals surface area contributed by atoms with E-state index in [0.717, 1.165) is 0 Å². The number of carbonyl (C=O) groups is 3. The highest BCUT2D eigenvalue weighted by molar-refractivity contribution is 9.09. The van der Waals surface area contributed by atoms with Crippen LogP contribution in [0.5, 0.6) is 0 Å². The predicted molar refractivity (Wildman–Crippen MR) is 159 cm³/mol. The molecule has 0 radical (unpaired) electrons. The average molecular weight is 640 g/mol. The zero-order chi connectivity index (χ0) is 28.5. The van der Waals surface area contributed by atoms with Crippen LogP contribution in [0.2, 0.25) is 5.02 Å². The van der Waals surface area contributed by atoms with Gasteiger partial charge in [0, 0.05) is 16.6 Å². The Hall–Kier alpha value is -1.81. The van der Waals surface area contributed by atoms with Gasteiger partial charge in [-0.15, -0.1) is 24.9 Å². The smallest absolute Gasteiger partial charge is 0.310 e. The summed E-state index contributed by atoms with van der Waals surface area (Å²) in [6.07, 6.45) is 4.87. The van der Waals surface area contributed by atoms with Crippen molar-refractivity contribution in [3.05, 3.63) is 54.6 Å². The van der Waals surface area contributed by atoms with Crippen LogP contribution in [0.1, 0.15) is 33.1 Å². The van der Waals surface area contributed by atoms with Gasteiger partial charge in [-0.1, -0.05) is 65.7 Å². The lowest BCUT2D eigenvalue weighted by atomic mass is 9.71. The summed E-state index contributed by atoms with van der Waals surface area (Å²) in [5.41, 5.74) is 0.522. The van der Waals surface area contributed by atoms with Gasteiger partial charge in [0.2, 0.25) is 5.91 Å². The highest BCUT2D eigenvalue weighted by Crippen LogP contribution is 2.68. The maximum atomic E-state index is 14.7. The predicted octanol–water partition coefficient (Wildman–Crippen LogP) is 4.85. The Kier molecular flexibility index (Phi) is 9.56. The Balaban J connectivity index is 1.83. The summed E-state index contributed by atoms with van der Waals surface area (Å²) in [5.74, 6) is -2.25. The van der Waals surface area contributed by atoms with Gasteiger partial charge in [-0.25, -0.2) is 0 Å². The second kappa shape index (κ2) is 12.4. The van der Waals surface area contributed by atoms with E-state index in [9.17, 15) is 19.5 Å². The first-order valence-electron chi connectivity index (χ1n) is 13.3. The normalized spacial score (nSPS) is 29.8. The fraction of sp³-hybridized carbons (Fsp3) is 0.552. The summed E-state index contributed by atoms with van der Waals surface area (Å²) in [6, 6.07) is 5.60. The van der Waals surface area contributed by atoms with Crippen molar-refractivity contribution in [1.29, 1.82) is 0 Å². The zero-order valence-corrected chi connectivity index (χ0v) is 25.5. The van der Waals surface area contributed by atoms with E-state index in [4.69, 9.17) is 16.3 Å². The van der Waals surface area contributed by atoms with Crippen LogP contribution in [0, 0.1) is 17.8 Å². The molecule has 1 spiro atoms. The topological polar surface area (TPSA) is 87.1 Å². The van der Waals surface area contributed by atoms with E-state index in [-0.39, 0.29) is 47.6 Å². The number of esters is 1. The van der Waals surface area contributed by atoms with Crippen LogP contribution < -0.4 is 4.90 Å². The number of anilines is 1. The first-order valence-corrected chi connectivity index (χ1v) is 15.5. The van der Waals surface area contributed by atoms with E-state index in [1.807, 2.05) is 13.8 Å². The molecule has 3 heterocycles. The van der Waals surface area contributed by atoms with E-state index in [1.54, 1.807) is 58.0 Å². The summed E-state index contributed by atoms with van der Waals surface area (Å²) in [5, 5.41) is 10.7. The molecule has 1 N–H and O–H groups in total. The number of benzene rings is 1. The number of ether oxygens (including phenoxy) is 1. The maximum Gasteiger partial charge on any atom is 0.310 e. The van der Waals surface area contributed by atoms with E-state index >= 15 is 0 Å². The molecular formula is C29H36BrClN2O5S. The molecule has 7 atom stereocenters. The third-order valence-corrected chi connectivity index (χ3v) is 11.4. The van der Waals surface area contributed by atoms with Gasteiger partial charge in [0.15, 0.2) is 0 Å². The number of halogens is 2. The van der Waals surface area contributed by atoms with Crippen LogP contribution in [0.25, 0.3) is 0 Å². The standard InChI is InChI=1S/C29H36BrClN2O5S/c1-5-7-13-38-28(37)22-23-26(35)33(18(16-34)14-17(3)4)25(29(23)15-19(30)24(22)39-29)27(36)32(12-6-2)21-11-9-8-10-20(21)31/h5-6,8-11,17-19,22-25,34H,1-2,7,12-16H2,3-4H3/t18-,19?,22+,23+,24+,25?,29?/m1/s1. The third kappa shape index (κ3) is 5.32. The zero-order valence-electron chi connectivity index (χ0n) is 22.3. The number of aliphatic hydroxyl groups is 1. The molecule has 10 heteroatoms. The molecule has 3 aliphatic heterocycles. The number of rotatable bonds is 12. The molecule has 0 saturated carbocycles. The van der Waals surface area contributed by atoms with Crippen molar-refractivity contribution in [3.8, 4) is 0 Å². The lowest BCUT2D eigenvalue weighted by Crippen LogP contribution is -2.58. The molecule has 3 saturated heterocycles. The highest BCUT2D eigenvalue weighted by Gasteiger charge is 2.76. The summed E-state index contributed by atoms with van der Waals surface area (Å²) >= 11 is 11.8. The van der Waals surface area contributed by atoms with Crippen LogP contribution in [-0.2, 0) is 19.1 Å². The lowest BCUT2D eigenvalue weighted by molar-refractivity contribution is -0.154. The fourth-order valence-corrected chi connectivity index (χ4v) is 10.2. The molecule has 3 aliphatic rings. The second-order valence-electron chi connectivity index (χ2n) is 10.8. The Morgan fingerprint density at radius 3 is 2.67 bits per heavy atom. The van der Waals surface area contributed by atoms with E-state index < -0.39 is 34.6 Å². The maximum absolute atomic E-state index is 14.7. The number of fused-ring (bicyclic) bond motifs is 1. The van der Waals surface area contributed by atoms with Gasteiger partial charge in [-0.2, -0.15) is 0 Å². The molecule has 0 aromatic heterocycles. The molecule has 39 heavy (non-hydrogen) atoms. The van der Waals surface area contributed by atoms with Crippen LogP contribution in [0.4, 0.5) is 5.69 Å². The number of para-hydroxylation sites is 1. The lowest BCUT2D eigenvalue weighted by Gasteiger charge is -2.40. The van der Waals surface area contributed by atoms with Crippen molar-refractivity contribution >= 4 is 62.8 Å². The molecule has 2 amide bonds. The number of amides is 2. The van der Waals surface area contributed by atoms with Gasteiger partial charge in [0.05, 0.1) is 46.5 Å². The molecule has 1 aromatic carbocycles. The van der Waals surface area contributed by atoms with Gasteiger partial charge in [0.1, 0.15) is 6.04 Å². The van der Waals surface area contributed by atoms with Crippen molar-refractivity contribution in [2.45, 2.75) is 60.0 Å². The Bertz CT molecular complexity index is 1130. The third-order valence-electron chi connectivity index (χ3n) is 7.87. The van der Waals surface area contributed by atoms with Crippen LogP contribution in [0.15, 0.2) is 49.6 Å². The Morgan fingerprint density at radius 2 is 2.05 bits per heavy atom. The number of hydrogen-bond donors (Lipinski definition) is 1. The minimum atomic E-state index is -0.900. The number of alkyl halides is 1. The van der Waals surface area contributed by atoms with Gasteiger partial charge >= 0.3 is 5.97 Å². The molecule has 7 nitrogen and oxygen atoms in total. The molecule has 1 aromatic rings. The summed E-state index contributed by atoms with van der Waals surface area (Å²) in [7, 11) is 0. The molecule has 3 fully saturated rings. The highest BCUT2D eigenvalue weighted by atomic mass is 79.9. The van der Waals surface area contributed by atoms with Crippen molar-refractivity contribution in [3.63, 3.8) is 0 Å². The molecule has 2 bridgehead atoms. The number of thioether (sulfide) groups is 1. The molecule has 3 unspecified atom stereocenters. The SMILES string of the molecule is C=CCCOC(=O)[C@H]1[C@H]2C(=O)N([C@@H](CO)CC(C)C)C(C(=O)N(CC=C)c3ccccc3Cl)C23CC(Br)[C@@H]1S3. The van der Waals surface area contributed by atoms with Crippen LogP contribution in [0.3, 0.4) is 0 Å². The minimum absolute atomic E-state index is 0.0791. The van der Waals surface area contributed by atoms with Crippen molar-refractivity contribution in [1.82, 2.24) is 4.90 Å². The molecule has 212 valence electrons. The Morgan fingerprint density at radius 1 is 1.33 bits per heavy atom. The Labute approximate surface area is 248 Å². The van der Waals surface area contributed by atoms with E-state index in [2.05, 4.69) is 29.1 Å². The molecule has 4 rings (SSSR count). The number of aliphatic hydroxyl groups excluding tert-OH is 1. The number of nitrogens with zero attached hydrogens (tertiary/aromatic N) is 2. The van der Waals surface area contributed by atoms with E-state index in [0.29, 0.717) is 30.0 Å². The summed E-state index contributed by atoms with van der Waals surface area (Å²) in [4.78, 5) is 45.5. The largest absolute Gasteiger partial charge is 0.465 e. The monoisotopic (exact) mass is 638 g/mol. The van der Waals surface area contributed by atoms with Crippen LogP contribution in [-0.4, -0.2) is 74.5 Å². The quantitative estimate of drug-likeness (QED) is 0.152. The van der Waals surface area contributed by atoms with Crippen molar-refractivity contribution in [2.75, 3.05) is 24.7 Å². The second-order valence-corrected chi connectivity index (χ2v) is 13.9. The summed E-state index contributed by atoms with van der Waals surface area (Å²) < 4.78 is 4.72. The van der Waals surface area contributed by atoms with E-state index in [1.165, 1.54) is 0 Å². The van der Waals surface area contributed by atoms with Crippen molar-refractivity contribution in [2.24, 2.45) is 17.8 Å².